The molecule has 1 saturated heterocycles. The summed E-state index contributed by atoms with van der Waals surface area (Å²) in [6, 6.07) is 35.2. The van der Waals surface area contributed by atoms with Gasteiger partial charge in [0.1, 0.15) is 5.75 Å². The number of likely N-dealkylation sites (tertiary alicyclic amines) is 1. The first-order valence-electron chi connectivity index (χ1n) is 14.4. The van der Waals surface area contributed by atoms with Crippen LogP contribution in [0.25, 0.3) is 0 Å². The molecule has 2 N–H and O–H groups in total. The number of aliphatic hydroxyl groups excluding tert-OH is 1. The SMILES string of the molecule is COc1ccc(CCN2CCC[C@H]2CN2c3ccccc3CSc3ccccc32)cc1.O=C(O)[C@H](O)c1ccccc1. The molecule has 2 aliphatic rings. The number of hydrogen-bond donors (Lipinski definition) is 2. The Bertz CT molecular complexity index is 1400. The minimum atomic E-state index is -1.41. The van der Waals surface area contributed by atoms with Crippen LogP contribution in [0.2, 0.25) is 0 Å². The van der Waals surface area contributed by atoms with Gasteiger partial charge < -0.3 is 19.8 Å². The topological polar surface area (TPSA) is 73.2 Å². The van der Waals surface area contributed by atoms with Crippen molar-refractivity contribution in [2.45, 2.75) is 42.1 Å². The molecule has 2 aliphatic heterocycles. The van der Waals surface area contributed by atoms with Gasteiger partial charge in [0.25, 0.3) is 0 Å². The molecule has 218 valence electrons. The standard InChI is InChI=1S/C27H30N2OS.C8H8O3/c1-30-24-14-12-21(13-15-24)16-18-28-17-6-8-23(28)19-29-25-9-3-2-7-22(25)20-31-27-11-5-4-10-26(27)29;9-7(8(10)11)6-4-2-1-3-5-6/h2-5,7,9-15,23H,6,8,16-20H2,1H3;1-5,7,9H,(H,10,11)/t23-;7-/m01/s1. The number of hydrogen-bond acceptors (Lipinski definition) is 6. The van der Waals surface area contributed by atoms with Gasteiger partial charge in [-0.05, 0) is 72.8 Å². The molecule has 1 fully saturated rings. The molecule has 2 heterocycles. The summed E-state index contributed by atoms with van der Waals surface area (Å²) in [5.41, 5.74) is 5.96. The number of ether oxygens (including phenoxy) is 1. The molecule has 0 spiro atoms. The predicted molar refractivity (Wildman–Crippen MR) is 170 cm³/mol. The highest BCUT2D eigenvalue weighted by Gasteiger charge is 2.29. The van der Waals surface area contributed by atoms with Gasteiger partial charge in [0, 0.05) is 35.5 Å². The molecule has 6 nitrogen and oxygen atoms in total. The van der Waals surface area contributed by atoms with E-state index in [4.69, 9.17) is 14.9 Å². The Morgan fingerprint density at radius 3 is 2.36 bits per heavy atom. The van der Waals surface area contributed by atoms with Crippen LogP contribution in [0, 0.1) is 0 Å². The number of nitrogens with zero attached hydrogens (tertiary/aromatic N) is 2. The van der Waals surface area contributed by atoms with Crippen molar-refractivity contribution >= 4 is 29.1 Å². The van der Waals surface area contributed by atoms with E-state index in [0.29, 0.717) is 11.6 Å². The van der Waals surface area contributed by atoms with Crippen molar-refractivity contribution in [3.8, 4) is 5.75 Å². The lowest BCUT2D eigenvalue weighted by Gasteiger charge is -2.33. The van der Waals surface area contributed by atoms with Crippen LogP contribution >= 0.6 is 11.8 Å². The van der Waals surface area contributed by atoms with Crippen molar-refractivity contribution in [2.75, 3.05) is 31.6 Å². The van der Waals surface area contributed by atoms with E-state index in [1.54, 1.807) is 37.4 Å². The molecular formula is C35H38N2O4S. The van der Waals surface area contributed by atoms with Crippen LogP contribution in [0.15, 0.2) is 108 Å². The monoisotopic (exact) mass is 582 g/mol. The van der Waals surface area contributed by atoms with Gasteiger partial charge in [0.05, 0.1) is 12.8 Å². The van der Waals surface area contributed by atoms with Crippen molar-refractivity contribution in [2.24, 2.45) is 0 Å². The second-order valence-electron chi connectivity index (χ2n) is 10.6. The summed E-state index contributed by atoms with van der Waals surface area (Å²) in [7, 11) is 1.72. The van der Waals surface area contributed by atoms with Crippen molar-refractivity contribution in [3.63, 3.8) is 0 Å². The third-order valence-electron chi connectivity index (χ3n) is 7.91. The molecule has 2 atom stereocenters. The highest BCUT2D eigenvalue weighted by Crippen LogP contribution is 2.43. The van der Waals surface area contributed by atoms with Gasteiger partial charge in [0.15, 0.2) is 6.10 Å². The quantitative estimate of drug-likeness (QED) is 0.233. The van der Waals surface area contributed by atoms with E-state index in [1.807, 2.05) is 11.8 Å². The van der Waals surface area contributed by atoms with Crippen molar-refractivity contribution in [1.29, 1.82) is 0 Å². The summed E-state index contributed by atoms with van der Waals surface area (Å²) in [6.07, 6.45) is 2.25. The first-order chi connectivity index (χ1) is 20.5. The Kier molecular flexibility index (Phi) is 10.2. The van der Waals surface area contributed by atoms with Crippen LogP contribution in [-0.2, 0) is 17.0 Å². The third kappa shape index (κ3) is 7.34. The van der Waals surface area contributed by atoms with Crippen molar-refractivity contribution in [3.05, 3.63) is 120 Å². The summed E-state index contributed by atoms with van der Waals surface area (Å²) in [5, 5.41) is 17.4. The zero-order chi connectivity index (χ0) is 29.3. The van der Waals surface area contributed by atoms with Gasteiger partial charge in [-0.25, -0.2) is 4.79 Å². The Labute approximate surface area is 252 Å². The lowest BCUT2D eigenvalue weighted by molar-refractivity contribution is -0.146. The van der Waals surface area contributed by atoms with E-state index in [9.17, 15) is 4.79 Å². The number of para-hydroxylation sites is 2. The maximum Gasteiger partial charge on any atom is 0.337 e. The number of aliphatic carboxylic acids is 1. The van der Waals surface area contributed by atoms with Gasteiger partial charge in [-0.3, -0.25) is 4.90 Å². The molecule has 0 unspecified atom stereocenters. The smallest absolute Gasteiger partial charge is 0.337 e. The fourth-order valence-electron chi connectivity index (χ4n) is 5.63. The van der Waals surface area contributed by atoms with E-state index in [0.717, 1.165) is 31.0 Å². The second kappa shape index (κ2) is 14.4. The van der Waals surface area contributed by atoms with Gasteiger partial charge in [-0.2, -0.15) is 0 Å². The van der Waals surface area contributed by atoms with Crippen LogP contribution in [0.5, 0.6) is 5.75 Å². The number of benzene rings is 4. The molecule has 4 aromatic carbocycles. The van der Waals surface area contributed by atoms with Crippen LogP contribution in [0.1, 0.15) is 35.6 Å². The van der Waals surface area contributed by atoms with Crippen LogP contribution < -0.4 is 9.64 Å². The van der Waals surface area contributed by atoms with Gasteiger partial charge in [-0.15, -0.1) is 11.8 Å². The highest BCUT2D eigenvalue weighted by molar-refractivity contribution is 7.98. The maximum absolute atomic E-state index is 10.2. The fraction of sp³-hybridized carbons (Fsp3) is 0.286. The van der Waals surface area contributed by atoms with E-state index in [2.05, 4.69) is 82.6 Å². The molecule has 7 heteroatoms. The fourth-order valence-corrected chi connectivity index (χ4v) is 6.69. The third-order valence-corrected chi connectivity index (χ3v) is 9.02. The molecule has 6 rings (SSSR count). The molecule has 0 aromatic heterocycles. The van der Waals surface area contributed by atoms with E-state index in [1.165, 1.54) is 46.8 Å². The molecule has 0 saturated carbocycles. The molecular weight excluding hydrogens is 544 g/mol. The summed E-state index contributed by atoms with van der Waals surface area (Å²) < 4.78 is 5.30. The lowest BCUT2D eigenvalue weighted by atomic mass is 10.1. The first kappa shape index (κ1) is 29.7. The van der Waals surface area contributed by atoms with E-state index in [-0.39, 0.29) is 0 Å². The summed E-state index contributed by atoms with van der Waals surface area (Å²) in [5.74, 6) is 0.741. The number of carboxylic acids is 1. The van der Waals surface area contributed by atoms with Crippen LogP contribution in [0.3, 0.4) is 0 Å². The maximum atomic E-state index is 10.2. The molecule has 0 amide bonds. The van der Waals surface area contributed by atoms with Gasteiger partial charge in [-0.1, -0.05) is 72.8 Å². The number of methoxy groups -OCH3 is 1. The average molecular weight is 583 g/mol. The van der Waals surface area contributed by atoms with Crippen LogP contribution in [0.4, 0.5) is 11.4 Å². The zero-order valence-electron chi connectivity index (χ0n) is 23.9. The molecule has 4 aromatic rings. The van der Waals surface area contributed by atoms with Crippen molar-refractivity contribution < 1.29 is 19.7 Å². The Morgan fingerprint density at radius 1 is 0.929 bits per heavy atom. The number of aliphatic hydroxyl groups is 1. The van der Waals surface area contributed by atoms with E-state index >= 15 is 0 Å². The van der Waals surface area contributed by atoms with E-state index < -0.39 is 12.1 Å². The number of carboxylic acid groups (broad SMARTS) is 1. The summed E-state index contributed by atoms with van der Waals surface area (Å²) >= 11 is 1.96. The molecule has 0 radical (unpaired) electrons. The largest absolute Gasteiger partial charge is 0.497 e. The zero-order valence-corrected chi connectivity index (χ0v) is 24.7. The minimum Gasteiger partial charge on any atom is -0.497 e. The van der Waals surface area contributed by atoms with Gasteiger partial charge in [0.2, 0.25) is 0 Å². The number of thioether (sulfide) groups is 1. The highest BCUT2D eigenvalue weighted by atomic mass is 32.2. The molecule has 42 heavy (non-hydrogen) atoms. The Hall–Kier alpha value is -3.78. The number of rotatable bonds is 8. The molecule has 0 aliphatic carbocycles. The summed E-state index contributed by atoms with van der Waals surface area (Å²) in [4.78, 5) is 16.9. The average Bonchev–Trinajstić information content (AvgIpc) is 3.42. The van der Waals surface area contributed by atoms with Gasteiger partial charge >= 0.3 is 5.97 Å². The Morgan fingerprint density at radius 2 is 1.62 bits per heavy atom. The predicted octanol–water partition coefficient (Wildman–Crippen LogP) is 6.95. The normalized spacial score (nSPS) is 16.8. The minimum absolute atomic E-state index is 0.403. The Balaban J connectivity index is 0.000000271. The number of fused-ring (bicyclic) bond motifs is 2. The summed E-state index contributed by atoms with van der Waals surface area (Å²) in [6.45, 7) is 3.37. The van der Waals surface area contributed by atoms with Crippen molar-refractivity contribution in [1.82, 2.24) is 4.90 Å². The second-order valence-corrected chi connectivity index (χ2v) is 11.6. The lowest BCUT2D eigenvalue weighted by Crippen LogP contribution is -2.39. The number of carbonyl (C=O) groups is 1. The van der Waals surface area contributed by atoms with Crippen LogP contribution in [-0.4, -0.2) is 53.9 Å². The first-order valence-corrected chi connectivity index (χ1v) is 15.4. The number of anilines is 2. The molecule has 0 bridgehead atoms.